The van der Waals surface area contributed by atoms with E-state index in [1.807, 2.05) is 19.1 Å². The predicted molar refractivity (Wildman–Crippen MR) is 85.0 cm³/mol. The Morgan fingerprint density at radius 1 is 1.50 bits per heavy atom. The van der Waals surface area contributed by atoms with E-state index in [1.165, 1.54) is 0 Å². The van der Waals surface area contributed by atoms with Crippen molar-refractivity contribution in [3.8, 4) is 5.75 Å². The number of pyridine rings is 1. The number of hydrogen-bond donors (Lipinski definition) is 1. The van der Waals surface area contributed by atoms with Gasteiger partial charge < -0.3 is 10.1 Å². The van der Waals surface area contributed by atoms with Crippen LogP contribution in [0.3, 0.4) is 0 Å². The Morgan fingerprint density at radius 2 is 2.30 bits per heavy atom. The molecule has 2 rings (SSSR count). The second-order valence-corrected chi connectivity index (χ2v) is 5.86. The maximum absolute atomic E-state index is 6.43. The Bertz CT molecular complexity index is 571. The summed E-state index contributed by atoms with van der Waals surface area (Å²) >= 11 is 8.09. The lowest BCUT2D eigenvalue weighted by Crippen LogP contribution is -2.24. The Hall–Kier alpha value is -1.10. The van der Waals surface area contributed by atoms with Gasteiger partial charge in [-0.25, -0.2) is 0 Å². The van der Waals surface area contributed by atoms with Gasteiger partial charge in [-0.15, -0.1) is 11.3 Å². The molecule has 3 nitrogen and oxygen atoms in total. The molecule has 2 heterocycles. The highest BCUT2D eigenvalue weighted by molar-refractivity contribution is 7.10. The fourth-order valence-corrected chi connectivity index (χ4v) is 3.42. The molecule has 0 aromatic carbocycles. The summed E-state index contributed by atoms with van der Waals surface area (Å²) in [6, 6.07) is 3.77. The largest absolute Gasteiger partial charge is 0.495 e. The summed E-state index contributed by atoms with van der Waals surface area (Å²) in [7, 11) is 1.67. The van der Waals surface area contributed by atoms with Crippen LogP contribution in [0.4, 0.5) is 0 Å². The van der Waals surface area contributed by atoms with Gasteiger partial charge >= 0.3 is 0 Å². The monoisotopic (exact) mass is 310 g/mol. The van der Waals surface area contributed by atoms with Crippen LogP contribution >= 0.6 is 22.9 Å². The lowest BCUT2D eigenvalue weighted by atomic mass is 10.1. The zero-order chi connectivity index (χ0) is 14.5. The zero-order valence-electron chi connectivity index (χ0n) is 11.9. The Kier molecular flexibility index (Phi) is 5.40. The second kappa shape index (κ2) is 7.07. The van der Waals surface area contributed by atoms with Crippen molar-refractivity contribution in [2.45, 2.75) is 26.3 Å². The average molecular weight is 311 g/mol. The predicted octanol–water partition coefficient (Wildman–Crippen LogP) is 4.20. The molecule has 0 bridgehead atoms. The molecule has 2 aromatic rings. The number of methoxy groups -OCH3 is 1. The van der Waals surface area contributed by atoms with E-state index in [2.05, 4.69) is 22.6 Å². The minimum absolute atomic E-state index is 0.0303. The number of rotatable bonds is 6. The Morgan fingerprint density at radius 3 is 2.90 bits per heavy atom. The van der Waals surface area contributed by atoms with Crippen molar-refractivity contribution in [2.24, 2.45) is 0 Å². The molecular weight excluding hydrogens is 292 g/mol. The average Bonchev–Trinajstić information content (AvgIpc) is 2.80. The number of aryl methyl sites for hydroxylation is 1. The molecule has 0 saturated heterocycles. The van der Waals surface area contributed by atoms with Crippen LogP contribution in [0, 0.1) is 6.92 Å². The number of thiophene rings is 1. The second-order valence-electron chi connectivity index (χ2n) is 4.57. The van der Waals surface area contributed by atoms with Gasteiger partial charge in [0, 0.05) is 11.1 Å². The standard InChI is InChI=1S/C15H19ClN2OS/c1-4-7-17-14(15-12(16)10(2)9-20-15)13-11(19-3)6-5-8-18-13/h5-6,8-9,14,17H,4,7H2,1-3H3. The van der Waals surface area contributed by atoms with Crippen molar-refractivity contribution in [2.75, 3.05) is 13.7 Å². The van der Waals surface area contributed by atoms with Gasteiger partial charge in [0.1, 0.15) is 11.4 Å². The molecule has 1 atom stereocenters. The summed E-state index contributed by atoms with van der Waals surface area (Å²) in [5.74, 6) is 0.781. The van der Waals surface area contributed by atoms with Crippen molar-refractivity contribution in [1.82, 2.24) is 10.3 Å². The number of halogens is 1. The van der Waals surface area contributed by atoms with E-state index in [-0.39, 0.29) is 6.04 Å². The van der Waals surface area contributed by atoms with Gasteiger partial charge in [-0.3, -0.25) is 4.98 Å². The van der Waals surface area contributed by atoms with Crippen LogP contribution in [0.15, 0.2) is 23.7 Å². The van der Waals surface area contributed by atoms with Crippen LogP contribution in [-0.4, -0.2) is 18.6 Å². The smallest absolute Gasteiger partial charge is 0.142 e. The van der Waals surface area contributed by atoms with Crippen molar-refractivity contribution < 1.29 is 4.74 Å². The first kappa shape index (κ1) is 15.3. The first-order valence-corrected chi connectivity index (χ1v) is 7.90. The molecule has 0 aliphatic heterocycles. The van der Waals surface area contributed by atoms with Gasteiger partial charge in [-0.05, 0) is 43.0 Å². The molecule has 1 unspecified atom stereocenters. The van der Waals surface area contributed by atoms with Crippen LogP contribution in [0.1, 0.15) is 35.5 Å². The van der Waals surface area contributed by atoms with Gasteiger partial charge in [0.05, 0.1) is 18.2 Å². The lowest BCUT2D eigenvalue weighted by molar-refractivity contribution is 0.400. The van der Waals surface area contributed by atoms with Crippen molar-refractivity contribution in [3.05, 3.63) is 44.9 Å². The first-order valence-electron chi connectivity index (χ1n) is 6.64. The summed E-state index contributed by atoms with van der Waals surface area (Å²) in [4.78, 5) is 5.58. The molecule has 20 heavy (non-hydrogen) atoms. The van der Waals surface area contributed by atoms with Gasteiger partial charge in [0.25, 0.3) is 0 Å². The minimum atomic E-state index is -0.0303. The molecule has 0 saturated carbocycles. The van der Waals surface area contributed by atoms with E-state index in [9.17, 15) is 0 Å². The first-order chi connectivity index (χ1) is 9.69. The van der Waals surface area contributed by atoms with E-state index in [0.717, 1.165) is 39.9 Å². The maximum Gasteiger partial charge on any atom is 0.142 e. The maximum atomic E-state index is 6.43. The zero-order valence-corrected chi connectivity index (χ0v) is 13.5. The number of nitrogens with one attached hydrogen (secondary N) is 1. The third-order valence-electron chi connectivity index (χ3n) is 3.08. The highest BCUT2D eigenvalue weighted by Crippen LogP contribution is 2.37. The molecule has 108 valence electrons. The van der Waals surface area contributed by atoms with Gasteiger partial charge in [-0.1, -0.05) is 18.5 Å². The van der Waals surface area contributed by atoms with E-state index >= 15 is 0 Å². The molecule has 2 aromatic heterocycles. The third-order valence-corrected chi connectivity index (χ3v) is 4.86. The molecule has 0 aliphatic carbocycles. The highest BCUT2D eigenvalue weighted by Gasteiger charge is 2.23. The molecule has 0 amide bonds. The summed E-state index contributed by atoms with van der Waals surface area (Å²) in [5, 5.41) is 6.41. The summed E-state index contributed by atoms with van der Waals surface area (Å²) in [6.45, 7) is 5.06. The number of aromatic nitrogens is 1. The minimum Gasteiger partial charge on any atom is -0.495 e. The number of hydrogen-bond acceptors (Lipinski definition) is 4. The molecule has 0 spiro atoms. The van der Waals surface area contributed by atoms with Crippen LogP contribution in [-0.2, 0) is 0 Å². The van der Waals surface area contributed by atoms with Crippen LogP contribution in [0.5, 0.6) is 5.75 Å². The summed E-state index contributed by atoms with van der Waals surface area (Å²) < 4.78 is 5.43. The fourth-order valence-electron chi connectivity index (χ4n) is 2.04. The van der Waals surface area contributed by atoms with Crippen LogP contribution in [0.2, 0.25) is 5.02 Å². The van der Waals surface area contributed by atoms with Gasteiger partial charge in [0.15, 0.2) is 0 Å². The number of ether oxygens (including phenoxy) is 1. The quantitative estimate of drug-likeness (QED) is 0.868. The Balaban J connectivity index is 2.44. The molecule has 1 N–H and O–H groups in total. The molecule has 5 heteroatoms. The van der Waals surface area contributed by atoms with Gasteiger partial charge in [-0.2, -0.15) is 0 Å². The molecule has 0 fully saturated rings. The van der Waals surface area contributed by atoms with Gasteiger partial charge in [0.2, 0.25) is 0 Å². The summed E-state index contributed by atoms with van der Waals surface area (Å²) in [5.41, 5.74) is 1.98. The van der Waals surface area contributed by atoms with E-state index in [1.54, 1.807) is 24.6 Å². The SMILES string of the molecule is CCCNC(c1ncccc1OC)c1scc(C)c1Cl. The van der Waals surface area contributed by atoms with Crippen LogP contribution in [0.25, 0.3) is 0 Å². The van der Waals surface area contributed by atoms with Crippen molar-refractivity contribution in [3.63, 3.8) is 0 Å². The highest BCUT2D eigenvalue weighted by atomic mass is 35.5. The summed E-state index contributed by atoms with van der Waals surface area (Å²) in [6.07, 6.45) is 2.83. The van der Waals surface area contributed by atoms with Crippen molar-refractivity contribution >= 4 is 22.9 Å². The van der Waals surface area contributed by atoms with E-state index in [0.29, 0.717) is 0 Å². The lowest BCUT2D eigenvalue weighted by Gasteiger charge is -2.19. The van der Waals surface area contributed by atoms with E-state index < -0.39 is 0 Å². The topological polar surface area (TPSA) is 34.2 Å². The van der Waals surface area contributed by atoms with Crippen molar-refractivity contribution in [1.29, 1.82) is 0 Å². The molecule has 0 aliphatic rings. The fraction of sp³-hybridized carbons (Fsp3) is 0.400. The molecule has 0 radical (unpaired) electrons. The normalized spacial score (nSPS) is 12.4. The van der Waals surface area contributed by atoms with Crippen LogP contribution < -0.4 is 10.1 Å². The number of nitrogens with zero attached hydrogens (tertiary/aromatic N) is 1. The van der Waals surface area contributed by atoms with E-state index in [4.69, 9.17) is 16.3 Å². The third kappa shape index (κ3) is 3.14. The molecular formula is C15H19ClN2OS. The Labute approximate surface area is 129 Å².